The van der Waals surface area contributed by atoms with Crippen molar-refractivity contribution in [2.24, 2.45) is 5.92 Å². The van der Waals surface area contributed by atoms with E-state index in [1.54, 1.807) is 0 Å². The molecule has 5 nitrogen and oxygen atoms in total. The summed E-state index contributed by atoms with van der Waals surface area (Å²) in [5.41, 5.74) is 0.181. The summed E-state index contributed by atoms with van der Waals surface area (Å²) in [4.78, 5) is 2.76. The highest BCUT2D eigenvalue weighted by molar-refractivity contribution is 5.85. The Morgan fingerprint density at radius 3 is 2.56 bits per heavy atom. The molecule has 4 rings (SSSR count). The molecule has 25 heavy (non-hydrogen) atoms. The molecule has 1 spiro atoms. The Bertz CT molecular complexity index is 480. The van der Waals surface area contributed by atoms with Crippen LogP contribution in [0.2, 0.25) is 0 Å². The van der Waals surface area contributed by atoms with Gasteiger partial charge in [-0.3, -0.25) is 4.68 Å². The maximum atomic E-state index is 6.24. The molecule has 3 saturated heterocycles. The first-order valence-corrected chi connectivity index (χ1v) is 9.39. The molecule has 3 aliphatic heterocycles. The Kier molecular flexibility index (Phi) is 8.02. The van der Waals surface area contributed by atoms with Crippen LogP contribution in [-0.2, 0) is 11.3 Å². The van der Waals surface area contributed by atoms with E-state index in [9.17, 15) is 0 Å². The standard InChI is InChI=1S/C18H30N4O.2ClH/c1-7-20-22(10-1)15-16-2-11-21(12-3-16)17-4-13-23-18(14-17)5-8-19-9-6-18;;/h1,7,10,16-17,19H,2-6,8-9,11-15H2;2*1H. The van der Waals surface area contributed by atoms with E-state index < -0.39 is 0 Å². The number of halogens is 2. The van der Waals surface area contributed by atoms with Crippen molar-refractivity contribution in [2.45, 2.75) is 56.7 Å². The van der Waals surface area contributed by atoms with E-state index in [2.05, 4.69) is 26.2 Å². The van der Waals surface area contributed by atoms with Crippen molar-refractivity contribution in [3.63, 3.8) is 0 Å². The minimum atomic E-state index is 0. The maximum Gasteiger partial charge on any atom is 0.0721 e. The lowest BCUT2D eigenvalue weighted by Crippen LogP contribution is -2.54. The van der Waals surface area contributed by atoms with Crippen molar-refractivity contribution in [3.8, 4) is 0 Å². The molecule has 4 heterocycles. The maximum absolute atomic E-state index is 6.24. The second-order valence-electron chi connectivity index (χ2n) is 7.64. The fourth-order valence-corrected chi connectivity index (χ4v) is 4.72. The van der Waals surface area contributed by atoms with Crippen LogP contribution in [0, 0.1) is 5.92 Å². The predicted molar refractivity (Wildman–Crippen MR) is 105 cm³/mol. The highest BCUT2D eigenvalue weighted by atomic mass is 35.5. The van der Waals surface area contributed by atoms with Crippen molar-refractivity contribution in [2.75, 3.05) is 32.8 Å². The van der Waals surface area contributed by atoms with Crippen molar-refractivity contribution in [1.29, 1.82) is 0 Å². The van der Waals surface area contributed by atoms with Crippen LogP contribution < -0.4 is 5.32 Å². The van der Waals surface area contributed by atoms with Gasteiger partial charge >= 0.3 is 0 Å². The number of nitrogens with zero attached hydrogens (tertiary/aromatic N) is 3. The zero-order chi connectivity index (χ0) is 15.5. The van der Waals surface area contributed by atoms with E-state index >= 15 is 0 Å². The number of likely N-dealkylation sites (tertiary alicyclic amines) is 1. The van der Waals surface area contributed by atoms with Gasteiger partial charge in [0.1, 0.15) is 0 Å². The lowest BCUT2D eigenvalue weighted by molar-refractivity contribution is -0.123. The quantitative estimate of drug-likeness (QED) is 0.861. The van der Waals surface area contributed by atoms with Gasteiger partial charge in [-0.25, -0.2) is 0 Å². The molecule has 1 atom stereocenters. The molecule has 3 fully saturated rings. The Morgan fingerprint density at radius 2 is 1.88 bits per heavy atom. The second kappa shape index (κ2) is 9.56. The molecular formula is C18H32Cl2N4O. The van der Waals surface area contributed by atoms with E-state index in [0.29, 0.717) is 0 Å². The third kappa shape index (κ3) is 5.10. The molecule has 0 saturated carbocycles. The van der Waals surface area contributed by atoms with E-state index in [-0.39, 0.29) is 30.4 Å². The molecule has 1 aromatic heterocycles. The van der Waals surface area contributed by atoms with Crippen LogP contribution >= 0.6 is 24.8 Å². The Hall–Kier alpha value is -0.330. The monoisotopic (exact) mass is 390 g/mol. The Balaban J connectivity index is 0.00000113. The molecule has 0 aliphatic carbocycles. The number of hydrogen-bond donors (Lipinski definition) is 1. The molecule has 0 amide bonds. The van der Waals surface area contributed by atoms with Gasteiger partial charge in [0.25, 0.3) is 0 Å². The topological polar surface area (TPSA) is 42.3 Å². The Labute approximate surface area is 163 Å². The minimum Gasteiger partial charge on any atom is -0.375 e. The van der Waals surface area contributed by atoms with E-state index in [1.165, 1.54) is 51.6 Å². The summed E-state index contributed by atoms with van der Waals surface area (Å²) in [7, 11) is 0. The van der Waals surface area contributed by atoms with Crippen LogP contribution in [0.5, 0.6) is 0 Å². The van der Waals surface area contributed by atoms with Gasteiger partial charge in [0, 0.05) is 31.6 Å². The van der Waals surface area contributed by atoms with Gasteiger partial charge in [-0.2, -0.15) is 5.10 Å². The van der Waals surface area contributed by atoms with Crippen molar-refractivity contribution in [3.05, 3.63) is 18.5 Å². The first-order chi connectivity index (χ1) is 11.3. The highest BCUT2D eigenvalue weighted by Gasteiger charge is 2.40. The second-order valence-corrected chi connectivity index (χ2v) is 7.64. The molecule has 1 N–H and O–H groups in total. The summed E-state index contributed by atoms with van der Waals surface area (Å²) < 4.78 is 8.34. The fraction of sp³-hybridized carbons (Fsp3) is 0.833. The molecule has 3 aliphatic rings. The zero-order valence-electron chi connectivity index (χ0n) is 14.9. The number of aromatic nitrogens is 2. The summed E-state index contributed by atoms with van der Waals surface area (Å²) in [6, 6.07) is 2.77. The molecule has 0 radical (unpaired) electrons. The van der Waals surface area contributed by atoms with Crippen LogP contribution in [0.4, 0.5) is 0 Å². The number of nitrogens with one attached hydrogen (secondary N) is 1. The molecule has 1 unspecified atom stereocenters. The van der Waals surface area contributed by atoms with Crippen LogP contribution in [0.15, 0.2) is 18.5 Å². The number of hydrogen-bond acceptors (Lipinski definition) is 4. The van der Waals surface area contributed by atoms with Gasteiger partial charge in [-0.1, -0.05) is 0 Å². The molecular weight excluding hydrogens is 359 g/mol. The SMILES string of the molecule is Cl.Cl.c1cnn(CC2CCN(C3CCOC4(CCNCC4)C3)CC2)c1. The van der Waals surface area contributed by atoms with Gasteiger partial charge in [-0.05, 0) is 76.7 Å². The van der Waals surface area contributed by atoms with Crippen LogP contribution in [0.3, 0.4) is 0 Å². The average Bonchev–Trinajstić information content (AvgIpc) is 3.09. The molecule has 0 bridgehead atoms. The van der Waals surface area contributed by atoms with E-state index in [0.717, 1.165) is 38.2 Å². The van der Waals surface area contributed by atoms with Gasteiger partial charge in [-0.15, -0.1) is 24.8 Å². The average molecular weight is 391 g/mol. The normalized spacial score (nSPS) is 27.4. The van der Waals surface area contributed by atoms with Crippen LogP contribution in [-0.4, -0.2) is 59.1 Å². The summed E-state index contributed by atoms with van der Waals surface area (Å²) in [6.07, 6.45) is 11.5. The molecule has 0 aromatic carbocycles. The number of rotatable bonds is 3. The van der Waals surface area contributed by atoms with E-state index in [4.69, 9.17) is 4.74 Å². The number of ether oxygens (including phenoxy) is 1. The van der Waals surface area contributed by atoms with Gasteiger partial charge in [0.05, 0.1) is 5.60 Å². The summed E-state index contributed by atoms with van der Waals surface area (Å²) in [5.74, 6) is 0.791. The van der Waals surface area contributed by atoms with Crippen molar-refractivity contribution < 1.29 is 4.74 Å². The summed E-state index contributed by atoms with van der Waals surface area (Å²) in [5, 5.41) is 7.83. The van der Waals surface area contributed by atoms with Crippen molar-refractivity contribution in [1.82, 2.24) is 20.0 Å². The lowest BCUT2D eigenvalue weighted by Gasteiger charge is -2.48. The lowest BCUT2D eigenvalue weighted by atomic mass is 9.81. The van der Waals surface area contributed by atoms with Crippen LogP contribution in [0.1, 0.15) is 38.5 Å². The van der Waals surface area contributed by atoms with Gasteiger partial charge < -0.3 is 15.0 Å². The smallest absolute Gasteiger partial charge is 0.0721 e. The summed E-state index contributed by atoms with van der Waals surface area (Å²) in [6.45, 7) is 6.80. The largest absolute Gasteiger partial charge is 0.375 e. The fourth-order valence-electron chi connectivity index (χ4n) is 4.72. The number of piperidine rings is 2. The van der Waals surface area contributed by atoms with Crippen molar-refractivity contribution >= 4 is 24.8 Å². The third-order valence-corrected chi connectivity index (χ3v) is 6.15. The Morgan fingerprint density at radius 1 is 1.12 bits per heavy atom. The van der Waals surface area contributed by atoms with Crippen LogP contribution in [0.25, 0.3) is 0 Å². The van der Waals surface area contributed by atoms with E-state index in [1.807, 2.05) is 12.3 Å². The third-order valence-electron chi connectivity index (χ3n) is 6.15. The zero-order valence-corrected chi connectivity index (χ0v) is 16.6. The van der Waals surface area contributed by atoms with Gasteiger partial charge in [0.2, 0.25) is 0 Å². The molecule has 1 aromatic rings. The first-order valence-electron chi connectivity index (χ1n) is 9.39. The highest BCUT2D eigenvalue weighted by Crippen LogP contribution is 2.36. The molecule has 144 valence electrons. The minimum absolute atomic E-state index is 0. The first kappa shape index (κ1) is 21.0. The van der Waals surface area contributed by atoms with Gasteiger partial charge in [0.15, 0.2) is 0 Å². The summed E-state index contributed by atoms with van der Waals surface area (Å²) >= 11 is 0. The predicted octanol–water partition coefficient (Wildman–Crippen LogP) is 2.74. The molecule has 7 heteroatoms.